The van der Waals surface area contributed by atoms with Crippen LogP contribution in [0.15, 0.2) is 0 Å². The van der Waals surface area contributed by atoms with E-state index in [0.29, 0.717) is 25.9 Å². The molecule has 2 unspecified atom stereocenters. The first-order valence-corrected chi connectivity index (χ1v) is 5.31. The third-order valence-corrected chi connectivity index (χ3v) is 2.40. The number of rotatable bonds is 6. The molecule has 84 valence electrons. The summed E-state index contributed by atoms with van der Waals surface area (Å²) in [6, 6.07) is 0.471. The van der Waals surface area contributed by atoms with Crippen LogP contribution in [-0.2, 0) is 9.47 Å². The lowest BCUT2D eigenvalue weighted by Crippen LogP contribution is -2.38. The van der Waals surface area contributed by atoms with Crippen molar-refractivity contribution in [2.45, 2.75) is 31.4 Å². The summed E-state index contributed by atoms with van der Waals surface area (Å²) in [5.41, 5.74) is 0. The number of ether oxygens (including phenoxy) is 2. The van der Waals surface area contributed by atoms with Gasteiger partial charge in [0.25, 0.3) is 0 Å². The quantitative estimate of drug-likeness (QED) is 0.645. The van der Waals surface area contributed by atoms with Gasteiger partial charge in [0.2, 0.25) is 0 Å². The van der Waals surface area contributed by atoms with E-state index in [4.69, 9.17) is 9.47 Å². The molecule has 1 heterocycles. The molecule has 0 aromatic carbocycles. The number of piperidine rings is 1. The van der Waals surface area contributed by atoms with Gasteiger partial charge in [-0.25, -0.2) is 0 Å². The van der Waals surface area contributed by atoms with Gasteiger partial charge >= 0.3 is 0 Å². The normalized spacial score (nSPS) is 24.9. The third kappa shape index (κ3) is 4.91. The van der Waals surface area contributed by atoms with Gasteiger partial charge in [-0.1, -0.05) is 6.42 Å². The van der Waals surface area contributed by atoms with E-state index in [1.165, 1.54) is 19.3 Å². The molecule has 0 aliphatic carbocycles. The Balaban J connectivity index is 1.96. The van der Waals surface area contributed by atoms with Crippen LogP contribution in [0.4, 0.5) is 0 Å². The van der Waals surface area contributed by atoms with E-state index in [9.17, 15) is 5.11 Å². The minimum atomic E-state index is -0.497. The van der Waals surface area contributed by atoms with Crippen molar-refractivity contribution < 1.29 is 14.6 Å². The fraction of sp³-hybridized carbons (Fsp3) is 1.00. The lowest BCUT2D eigenvalue weighted by molar-refractivity contribution is -0.0127. The molecule has 4 nitrogen and oxygen atoms in total. The number of hydrogen-bond donors (Lipinski definition) is 2. The van der Waals surface area contributed by atoms with Crippen molar-refractivity contribution in [3.05, 3.63) is 0 Å². The van der Waals surface area contributed by atoms with Gasteiger partial charge in [-0.15, -0.1) is 0 Å². The van der Waals surface area contributed by atoms with Gasteiger partial charge < -0.3 is 19.9 Å². The molecule has 2 N–H and O–H groups in total. The van der Waals surface area contributed by atoms with Crippen molar-refractivity contribution in [3.8, 4) is 0 Å². The lowest BCUT2D eigenvalue weighted by Gasteiger charge is -2.23. The summed E-state index contributed by atoms with van der Waals surface area (Å²) in [6.07, 6.45) is 3.23. The molecule has 0 amide bonds. The molecule has 14 heavy (non-hydrogen) atoms. The summed E-state index contributed by atoms with van der Waals surface area (Å²) >= 11 is 0. The Kier molecular flexibility index (Phi) is 6.10. The highest BCUT2D eigenvalue weighted by molar-refractivity contribution is 4.71. The first-order chi connectivity index (χ1) is 6.83. The Bertz CT molecular complexity index is 137. The standard InChI is InChI=1S/C10H21NO3/c1-13-7-10(12)8-14-6-9-4-2-3-5-11-9/h9-12H,2-8H2,1H3. The van der Waals surface area contributed by atoms with E-state index in [1.54, 1.807) is 7.11 Å². The summed E-state index contributed by atoms with van der Waals surface area (Å²) in [4.78, 5) is 0. The second-order valence-electron chi connectivity index (χ2n) is 3.79. The van der Waals surface area contributed by atoms with Crippen molar-refractivity contribution in [2.24, 2.45) is 0 Å². The smallest absolute Gasteiger partial charge is 0.101 e. The zero-order valence-corrected chi connectivity index (χ0v) is 8.87. The van der Waals surface area contributed by atoms with Crippen LogP contribution in [-0.4, -0.2) is 50.7 Å². The summed E-state index contributed by atoms with van der Waals surface area (Å²) < 4.78 is 10.2. The predicted octanol–water partition coefficient (Wildman–Crippen LogP) is 0.152. The molecule has 1 fully saturated rings. The molecule has 0 bridgehead atoms. The zero-order valence-electron chi connectivity index (χ0n) is 8.87. The molecule has 2 atom stereocenters. The molecular formula is C10H21NO3. The Hall–Kier alpha value is -0.160. The van der Waals surface area contributed by atoms with Gasteiger partial charge in [0, 0.05) is 13.2 Å². The Morgan fingerprint density at radius 3 is 2.93 bits per heavy atom. The van der Waals surface area contributed by atoms with Crippen molar-refractivity contribution in [3.63, 3.8) is 0 Å². The van der Waals surface area contributed by atoms with E-state index in [0.717, 1.165) is 6.54 Å². The van der Waals surface area contributed by atoms with Crippen LogP contribution >= 0.6 is 0 Å². The van der Waals surface area contributed by atoms with E-state index in [2.05, 4.69) is 5.32 Å². The van der Waals surface area contributed by atoms with Crippen LogP contribution in [0.3, 0.4) is 0 Å². The molecule has 0 aromatic rings. The first kappa shape index (κ1) is 11.9. The summed E-state index contributed by atoms with van der Waals surface area (Å²) in [5.74, 6) is 0. The number of nitrogens with one attached hydrogen (secondary N) is 1. The summed E-state index contributed by atoms with van der Waals surface area (Å²) in [5, 5.41) is 12.7. The number of aliphatic hydroxyl groups excluding tert-OH is 1. The topological polar surface area (TPSA) is 50.7 Å². The van der Waals surface area contributed by atoms with Gasteiger partial charge in [-0.05, 0) is 19.4 Å². The van der Waals surface area contributed by atoms with Crippen LogP contribution in [0.1, 0.15) is 19.3 Å². The molecular weight excluding hydrogens is 182 g/mol. The van der Waals surface area contributed by atoms with E-state index in [-0.39, 0.29) is 0 Å². The van der Waals surface area contributed by atoms with Crippen LogP contribution in [0.25, 0.3) is 0 Å². The Labute approximate surface area is 85.6 Å². The maximum absolute atomic E-state index is 9.31. The largest absolute Gasteiger partial charge is 0.388 e. The maximum Gasteiger partial charge on any atom is 0.101 e. The average Bonchev–Trinajstić information content (AvgIpc) is 2.20. The van der Waals surface area contributed by atoms with E-state index < -0.39 is 6.10 Å². The maximum atomic E-state index is 9.31. The summed E-state index contributed by atoms with van der Waals surface area (Å²) in [7, 11) is 1.58. The SMILES string of the molecule is COCC(O)COCC1CCCCN1. The second-order valence-corrected chi connectivity index (χ2v) is 3.79. The zero-order chi connectivity index (χ0) is 10.2. The van der Waals surface area contributed by atoms with E-state index in [1.807, 2.05) is 0 Å². The predicted molar refractivity (Wildman–Crippen MR) is 54.3 cm³/mol. The second kappa shape index (κ2) is 7.17. The van der Waals surface area contributed by atoms with Gasteiger partial charge in [-0.3, -0.25) is 0 Å². The molecule has 0 radical (unpaired) electrons. The number of methoxy groups -OCH3 is 1. The molecule has 1 aliphatic rings. The molecule has 0 saturated carbocycles. The van der Waals surface area contributed by atoms with Crippen LogP contribution in [0, 0.1) is 0 Å². The van der Waals surface area contributed by atoms with Crippen LogP contribution < -0.4 is 5.32 Å². The minimum Gasteiger partial charge on any atom is -0.388 e. The van der Waals surface area contributed by atoms with Crippen LogP contribution in [0.2, 0.25) is 0 Å². The van der Waals surface area contributed by atoms with Crippen molar-refractivity contribution >= 4 is 0 Å². The van der Waals surface area contributed by atoms with Crippen LogP contribution in [0.5, 0.6) is 0 Å². The van der Waals surface area contributed by atoms with E-state index >= 15 is 0 Å². The molecule has 0 spiro atoms. The monoisotopic (exact) mass is 203 g/mol. The summed E-state index contributed by atoms with van der Waals surface area (Å²) in [6.45, 7) is 2.50. The van der Waals surface area contributed by atoms with Crippen molar-refractivity contribution in [1.29, 1.82) is 0 Å². The highest BCUT2D eigenvalue weighted by Crippen LogP contribution is 2.06. The molecule has 1 aliphatic heterocycles. The number of aliphatic hydroxyl groups is 1. The average molecular weight is 203 g/mol. The fourth-order valence-corrected chi connectivity index (χ4v) is 1.65. The Morgan fingerprint density at radius 1 is 1.43 bits per heavy atom. The molecule has 4 heteroatoms. The minimum absolute atomic E-state index is 0.345. The van der Waals surface area contributed by atoms with Gasteiger partial charge in [0.1, 0.15) is 6.10 Å². The highest BCUT2D eigenvalue weighted by Gasteiger charge is 2.13. The van der Waals surface area contributed by atoms with Gasteiger partial charge in [0.15, 0.2) is 0 Å². The van der Waals surface area contributed by atoms with Crippen molar-refractivity contribution in [2.75, 3.05) is 33.5 Å². The highest BCUT2D eigenvalue weighted by atomic mass is 16.5. The molecule has 1 rings (SSSR count). The van der Waals surface area contributed by atoms with Gasteiger partial charge in [0.05, 0.1) is 19.8 Å². The molecule has 0 aromatic heterocycles. The van der Waals surface area contributed by atoms with Gasteiger partial charge in [-0.2, -0.15) is 0 Å². The third-order valence-electron chi connectivity index (χ3n) is 2.40. The molecule has 1 saturated heterocycles. The van der Waals surface area contributed by atoms with Crippen molar-refractivity contribution in [1.82, 2.24) is 5.32 Å². The fourth-order valence-electron chi connectivity index (χ4n) is 1.65. The Morgan fingerprint density at radius 2 is 2.29 bits per heavy atom. The lowest BCUT2D eigenvalue weighted by atomic mass is 10.1. The first-order valence-electron chi connectivity index (χ1n) is 5.31. The number of hydrogen-bond acceptors (Lipinski definition) is 4.